The van der Waals surface area contributed by atoms with Crippen molar-refractivity contribution < 1.29 is 13.9 Å². The van der Waals surface area contributed by atoms with Crippen molar-refractivity contribution in [1.82, 2.24) is 0 Å². The van der Waals surface area contributed by atoms with Crippen molar-refractivity contribution in [3.63, 3.8) is 0 Å². The van der Waals surface area contributed by atoms with Gasteiger partial charge in [-0.05, 0) is 30.9 Å². The molecular formula is C14H20F2O. The van der Waals surface area contributed by atoms with Crippen LogP contribution in [0.5, 0.6) is 0 Å². The summed E-state index contributed by atoms with van der Waals surface area (Å²) >= 11 is 0. The summed E-state index contributed by atoms with van der Waals surface area (Å²) in [5.74, 6) is -1.39. The van der Waals surface area contributed by atoms with Crippen LogP contribution in [0.25, 0.3) is 0 Å². The predicted octanol–water partition coefficient (Wildman–Crippen LogP) is 4.21. The Hall–Kier alpha value is -0.960. The van der Waals surface area contributed by atoms with E-state index in [4.69, 9.17) is 0 Å². The van der Waals surface area contributed by atoms with Gasteiger partial charge in [0.15, 0.2) is 0 Å². The van der Waals surface area contributed by atoms with Gasteiger partial charge in [-0.2, -0.15) is 0 Å². The molecule has 0 aliphatic heterocycles. The fourth-order valence-electron chi connectivity index (χ4n) is 2.23. The van der Waals surface area contributed by atoms with Crippen LogP contribution in [-0.2, 0) is 0 Å². The highest BCUT2D eigenvalue weighted by atomic mass is 19.1. The Bertz CT molecular complexity index is 326. The lowest BCUT2D eigenvalue weighted by molar-refractivity contribution is 0.0892. The molecule has 0 aromatic heterocycles. The largest absolute Gasteiger partial charge is 0.388 e. The molecule has 0 spiro atoms. The van der Waals surface area contributed by atoms with E-state index in [2.05, 4.69) is 0 Å². The van der Waals surface area contributed by atoms with Crippen molar-refractivity contribution in [2.24, 2.45) is 5.92 Å². The highest BCUT2D eigenvalue weighted by molar-refractivity contribution is 5.22. The monoisotopic (exact) mass is 242 g/mol. The number of aliphatic hydroxyl groups excluding tert-OH is 1. The smallest absolute Gasteiger partial charge is 0.131 e. The quantitative estimate of drug-likeness (QED) is 0.792. The molecule has 0 heterocycles. The molecule has 17 heavy (non-hydrogen) atoms. The lowest BCUT2D eigenvalue weighted by Crippen LogP contribution is -2.15. The van der Waals surface area contributed by atoms with E-state index in [9.17, 15) is 13.9 Å². The van der Waals surface area contributed by atoms with Crippen LogP contribution in [0.15, 0.2) is 18.2 Å². The summed E-state index contributed by atoms with van der Waals surface area (Å²) in [6.45, 7) is 4.01. The summed E-state index contributed by atoms with van der Waals surface area (Å²) < 4.78 is 27.1. The Morgan fingerprint density at radius 2 is 1.53 bits per heavy atom. The molecule has 0 aliphatic carbocycles. The summed E-state index contributed by atoms with van der Waals surface area (Å²) in [6.07, 6.45) is 2.32. The minimum atomic E-state index is -1.05. The van der Waals surface area contributed by atoms with E-state index in [1.807, 2.05) is 13.8 Å². The molecule has 0 fully saturated rings. The second-order valence-corrected chi connectivity index (χ2v) is 4.42. The molecule has 96 valence electrons. The van der Waals surface area contributed by atoms with Crippen LogP contribution < -0.4 is 0 Å². The Morgan fingerprint density at radius 3 is 1.94 bits per heavy atom. The molecule has 1 aromatic carbocycles. The van der Waals surface area contributed by atoms with Crippen LogP contribution >= 0.6 is 0 Å². The van der Waals surface area contributed by atoms with Gasteiger partial charge in [0.05, 0.1) is 11.7 Å². The molecule has 0 saturated carbocycles. The molecule has 1 N–H and O–H groups in total. The standard InChI is InChI=1S/C14H20F2O/c1-3-6-10(7-4-2)14(17)13-11(15)8-5-9-12(13)16/h5,8-10,14,17H,3-4,6-7H2,1-2H3. The van der Waals surface area contributed by atoms with Crippen LogP contribution in [0, 0.1) is 17.6 Å². The molecule has 1 aromatic rings. The lowest BCUT2D eigenvalue weighted by atomic mass is 9.88. The first-order valence-electron chi connectivity index (χ1n) is 6.23. The Kier molecular flexibility index (Phi) is 5.56. The van der Waals surface area contributed by atoms with Crippen molar-refractivity contribution in [1.29, 1.82) is 0 Å². The minimum Gasteiger partial charge on any atom is -0.388 e. The van der Waals surface area contributed by atoms with E-state index in [0.29, 0.717) is 0 Å². The first-order valence-corrected chi connectivity index (χ1v) is 6.23. The summed E-state index contributed by atoms with van der Waals surface area (Å²) in [4.78, 5) is 0. The normalized spacial score (nSPS) is 13.1. The van der Waals surface area contributed by atoms with Crippen molar-refractivity contribution in [3.8, 4) is 0 Å². The highest BCUT2D eigenvalue weighted by Gasteiger charge is 2.25. The number of halogens is 2. The van der Waals surface area contributed by atoms with Crippen LogP contribution in [-0.4, -0.2) is 5.11 Å². The maximum Gasteiger partial charge on any atom is 0.131 e. The zero-order chi connectivity index (χ0) is 12.8. The van der Waals surface area contributed by atoms with E-state index in [0.717, 1.165) is 25.7 Å². The number of benzene rings is 1. The van der Waals surface area contributed by atoms with Crippen molar-refractivity contribution in [2.75, 3.05) is 0 Å². The first-order chi connectivity index (χ1) is 8.11. The van der Waals surface area contributed by atoms with Gasteiger partial charge in [0.1, 0.15) is 11.6 Å². The number of aliphatic hydroxyl groups is 1. The number of hydrogen-bond donors (Lipinski definition) is 1. The molecule has 1 nitrogen and oxygen atoms in total. The topological polar surface area (TPSA) is 20.2 Å². The third kappa shape index (κ3) is 3.50. The lowest BCUT2D eigenvalue weighted by Gasteiger charge is -2.23. The molecule has 0 bridgehead atoms. The van der Waals surface area contributed by atoms with Crippen LogP contribution in [0.1, 0.15) is 51.2 Å². The van der Waals surface area contributed by atoms with Crippen LogP contribution in [0.3, 0.4) is 0 Å². The van der Waals surface area contributed by atoms with Crippen molar-refractivity contribution >= 4 is 0 Å². The van der Waals surface area contributed by atoms with Gasteiger partial charge in [-0.25, -0.2) is 8.78 Å². The summed E-state index contributed by atoms with van der Waals surface area (Å²) in [5, 5.41) is 10.1. The molecule has 1 rings (SSSR count). The number of hydrogen-bond acceptors (Lipinski definition) is 1. The SMILES string of the molecule is CCCC(CCC)C(O)c1c(F)cccc1F. The Balaban J connectivity index is 2.95. The van der Waals surface area contributed by atoms with Gasteiger partial charge in [0.25, 0.3) is 0 Å². The summed E-state index contributed by atoms with van der Waals surface area (Å²) in [6, 6.07) is 3.70. The van der Waals surface area contributed by atoms with Gasteiger partial charge in [-0.3, -0.25) is 0 Å². The molecule has 1 atom stereocenters. The average molecular weight is 242 g/mol. The van der Waals surface area contributed by atoms with Gasteiger partial charge < -0.3 is 5.11 Å². The van der Waals surface area contributed by atoms with E-state index >= 15 is 0 Å². The predicted molar refractivity (Wildman–Crippen MR) is 64.6 cm³/mol. The first kappa shape index (κ1) is 14.1. The summed E-state index contributed by atoms with van der Waals surface area (Å²) in [7, 11) is 0. The molecular weight excluding hydrogens is 222 g/mol. The zero-order valence-electron chi connectivity index (χ0n) is 10.4. The van der Waals surface area contributed by atoms with Gasteiger partial charge in [-0.15, -0.1) is 0 Å². The van der Waals surface area contributed by atoms with Crippen molar-refractivity contribution in [2.45, 2.75) is 45.6 Å². The Morgan fingerprint density at radius 1 is 1.06 bits per heavy atom. The van der Waals surface area contributed by atoms with Gasteiger partial charge in [0.2, 0.25) is 0 Å². The maximum atomic E-state index is 13.5. The van der Waals surface area contributed by atoms with E-state index in [1.165, 1.54) is 18.2 Å². The summed E-state index contributed by atoms with van der Waals surface area (Å²) in [5.41, 5.74) is -0.181. The number of rotatable bonds is 6. The molecule has 1 unspecified atom stereocenters. The van der Waals surface area contributed by atoms with Gasteiger partial charge in [0, 0.05) is 0 Å². The minimum absolute atomic E-state index is 0.0728. The average Bonchev–Trinajstić information content (AvgIpc) is 2.28. The van der Waals surface area contributed by atoms with E-state index < -0.39 is 17.7 Å². The molecule has 3 heteroatoms. The highest BCUT2D eigenvalue weighted by Crippen LogP contribution is 2.32. The molecule has 0 saturated heterocycles. The van der Waals surface area contributed by atoms with Crippen molar-refractivity contribution in [3.05, 3.63) is 35.4 Å². The van der Waals surface area contributed by atoms with Crippen LogP contribution in [0.4, 0.5) is 8.78 Å². The second kappa shape index (κ2) is 6.70. The molecule has 0 amide bonds. The third-order valence-electron chi connectivity index (χ3n) is 3.06. The van der Waals surface area contributed by atoms with E-state index in [1.54, 1.807) is 0 Å². The second-order valence-electron chi connectivity index (χ2n) is 4.42. The fourth-order valence-corrected chi connectivity index (χ4v) is 2.23. The fraction of sp³-hybridized carbons (Fsp3) is 0.571. The third-order valence-corrected chi connectivity index (χ3v) is 3.06. The van der Waals surface area contributed by atoms with Gasteiger partial charge in [-0.1, -0.05) is 32.8 Å². The Labute approximate surface area is 101 Å². The zero-order valence-corrected chi connectivity index (χ0v) is 10.4. The molecule has 0 radical (unpaired) electrons. The maximum absolute atomic E-state index is 13.5. The van der Waals surface area contributed by atoms with Gasteiger partial charge >= 0.3 is 0 Å². The van der Waals surface area contributed by atoms with Crippen LogP contribution in [0.2, 0.25) is 0 Å². The van der Waals surface area contributed by atoms with E-state index in [-0.39, 0.29) is 11.5 Å². The molecule has 0 aliphatic rings.